The molecule has 0 aliphatic rings. The molecule has 0 aliphatic heterocycles. The van der Waals surface area contributed by atoms with E-state index in [1.807, 2.05) is 6.92 Å². The third-order valence-electron chi connectivity index (χ3n) is 2.38. The number of primary amides is 1. The van der Waals surface area contributed by atoms with Gasteiger partial charge < -0.3 is 15.8 Å². The van der Waals surface area contributed by atoms with Crippen LogP contribution in [0, 0.1) is 0 Å². The second kappa shape index (κ2) is 6.70. The van der Waals surface area contributed by atoms with Crippen LogP contribution in [0.5, 0.6) is 0 Å². The Hall–Kier alpha value is -1.95. The van der Waals surface area contributed by atoms with Crippen LogP contribution in [-0.4, -0.2) is 30.0 Å². The van der Waals surface area contributed by atoms with Crippen LogP contribution in [0.2, 0.25) is 0 Å². The highest BCUT2D eigenvalue weighted by Crippen LogP contribution is 2.02. The smallest absolute Gasteiger partial charge is 0.339 e. The molecule has 1 heterocycles. The Labute approximate surface area is 106 Å². The first-order valence-corrected chi connectivity index (χ1v) is 5.58. The van der Waals surface area contributed by atoms with Gasteiger partial charge in [0.25, 0.3) is 0 Å². The van der Waals surface area contributed by atoms with E-state index in [0.717, 1.165) is 5.69 Å². The highest BCUT2D eigenvalue weighted by Gasteiger charge is 2.07. The lowest BCUT2D eigenvalue weighted by Crippen LogP contribution is -2.30. The van der Waals surface area contributed by atoms with Crippen molar-refractivity contribution in [2.75, 3.05) is 7.11 Å². The molecular formula is C12H17N3O3. The van der Waals surface area contributed by atoms with Crippen LogP contribution in [0.4, 0.5) is 0 Å². The van der Waals surface area contributed by atoms with Crippen LogP contribution >= 0.6 is 0 Å². The molecule has 0 radical (unpaired) electrons. The van der Waals surface area contributed by atoms with Gasteiger partial charge in [-0.15, -0.1) is 0 Å². The zero-order chi connectivity index (χ0) is 13.5. The molecule has 98 valence electrons. The molecule has 1 unspecified atom stereocenters. The Kier molecular flexibility index (Phi) is 5.26. The molecule has 0 bridgehead atoms. The molecule has 1 aromatic rings. The van der Waals surface area contributed by atoms with Gasteiger partial charge in [0.1, 0.15) is 0 Å². The highest BCUT2D eigenvalue weighted by atomic mass is 16.5. The quantitative estimate of drug-likeness (QED) is 0.705. The summed E-state index contributed by atoms with van der Waals surface area (Å²) in [6.07, 6.45) is 1.74. The van der Waals surface area contributed by atoms with E-state index in [-0.39, 0.29) is 18.4 Å². The number of methoxy groups -OCH3 is 1. The Morgan fingerprint density at radius 3 is 2.72 bits per heavy atom. The molecule has 0 saturated heterocycles. The number of nitrogens with two attached hydrogens (primary N) is 1. The number of carbonyl (C=O) groups is 2. The minimum Gasteiger partial charge on any atom is -0.465 e. The van der Waals surface area contributed by atoms with Crippen LogP contribution in [0.25, 0.3) is 0 Å². The number of hydrogen-bond donors (Lipinski definition) is 2. The van der Waals surface area contributed by atoms with Crippen molar-refractivity contribution in [1.29, 1.82) is 0 Å². The van der Waals surface area contributed by atoms with Gasteiger partial charge in [-0.3, -0.25) is 9.78 Å². The van der Waals surface area contributed by atoms with Crippen molar-refractivity contribution < 1.29 is 14.3 Å². The van der Waals surface area contributed by atoms with Crippen molar-refractivity contribution in [3.63, 3.8) is 0 Å². The maximum absolute atomic E-state index is 11.2. The second-order valence-corrected chi connectivity index (χ2v) is 3.98. The van der Waals surface area contributed by atoms with E-state index in [1.165, 1.54) is 13.3 Å². The van der Waals surface area contributed by atoms with Crippen LogP contribution < -0.4 is 11.1 Å². The summed E-state index contributed by atoms with van der Waals surface area (Å²) in [6, 6.07) is 3.37. The zero-order valence-electron chi connectivity index (χ0n) is 10.5. The summed E-state index contributed by atoms with van der Waals surface area (Å²) in [7, 11) is 1.32. The Bertz CT molecular complexity index is 417. The summed E-state index contributed by atoms with van der Waals surface area (Å²) in [5.74, 6) is -0.756. The van der Waals surface area contributed by atoms with E-state index < -0.39 is 5.97 Å². The van der Waals surface area contributed by atoms with Crippen LogP contribution in [-0.2, 0) is 16.1 Å². The van der Waals surface area contributed by atoms with E-state index in [1.54, 1.807) is 12.1 Å². The van der Waals surface area contributed by atoms with Crippen molar-refractivity contribution in [3.05, 3.63) is 29.6 Å². The lowest BCUT2D eigenvalue weighted by Gasteiger charge is -2.11. The van der Waals surface area contributed by atoms with Gasteiger partial charge in [0.15, 0.2) is 0 Å². The molecule has 0 saturated carbocycles. The predicted molar refractivity (Wildman–Crippen MR) is 65.7 cm³/mol. The van der Waals surface area contributed by atoms with E-state index in [9.17, 15) is 9.59 Å². The van der Waals surface area contributed by atoms with Crippen molar-refractivity contribution in [3.8, 4) is 0 Å². The molecule has 6 heteroatoms. The standard InChI is InChI=1S/C12H17N3O3/c1-8(5-11(13)16)14-7-10-4-3-9(6-15-10)12(17)18-2/h3-4,6,8,14H,5,7H2,1-2H3,(H2,13,16). The molecular weight excluding hydrogens is 234 g/mol. The first kappa shape index (κ1) is 14.1. The largest absolute Gasteiger partial charge is 0.465 e. The molecule has 3 N–H and O–H groups in total. The fraction of sp³-hybridized carbons (Fsp3) is 0.417. The molecule has 1 rings (SSSR count). The number of nitrogens with one attached hydrogen (secondary N) is 1. The number of nitrogens with zero attached hydrogens (tertiary/aromatic N) is 1. The van der Waals surface area contributed by atoms with Crippen molar-refractivity contribution in [2.24, 2.45) is 5.73 Å². The van der Waals surface area contributed by atoms with Crippen molar-refractivity contribution in [2.45, 2.75) is 25.9 Å². The number of carbonyl (C=O) groups excluding carboxylic acids is 2. The normalized spacial score (nSPS) is 11.9. The third kappa shape index (κ3) is 4.50. The topological polar surface area (TPSA) is 94.3 Å². The van der Waals surface area contributed by atoms with Crippen LogP contribution in [0.1, 0.15) is 29.4 Å². The third-order valence-corrected chi connectivity index (χ3v) is 2.38. The van der Waals surface area contributed by atoms with Gasteiger partial charge in [-0.1, -0.05) is 0 Å². The molecule has 18 heavy (non-hydrogen) atoms. The second-order valence-electron chi connectivity index (χ2n) is 3.98. The minimum absolute atomic E-state index is 0.00964. The number of hydrogen-bond acceptors (Lipinski definition) is 5. The maximum Gasteiger partial charge on any atom is 0.339 e. The molecule has 0 aromatic carbocycles. The molecule has 6 nitrogen and oxygen atoms in total. The van der Waals surface area contributed by atoms with E-state index in [0.29, 0.717) is 12.1 Å². The number of ether oxygens (including phenoxy) is 1. The fourth-order valence-electron chi connectivity index (χ4n) is 1.42. The summed E-state index contributed by atoms with van der Waals surface area (Å²) in [6.45, 7) is 2.38. The highest BCUT2D eigenvalue weighted by molar-refractivity contribution is 5.88. The van der Waals surface area contributed by atoms with Gasteiger partial charge in [-0.2, -0.15) is 0 Å². The number of aromatic nitrogens is 1. The van der Waals surface area contributed by atoms with Gasteiger partial charge in [0.2, 0.25) is 5.91 Å². The monoisotopic (exact) mass is 251 g/mol. The molecule has 0 aliphatic carbocycles. The zero-order valence-corrected chi connectivity index (χ0v) is 10.5. The maximum atomic E-state index is 11.2. The predicted octanol–water partition coefficient (Wildman–Crippen LogP) is 0.222. The summed E-state index contributed by atoms with van der Waals surface area (Å²) in [4.78, 5) is 26.0. The van der Waals surface area contributed by atoms with Gasteiger partial charge in [-0.05, 0) is 19.1 Å². The lowest BCUT2D eigenvalue weighted by molar-refractivity contribution is -0.118. The van der Waals surface area contributed by atoms with E-state index in [2.05, 4.69) is 15.0 Å². The number of pyridine rings is 1. The summed E-state index contributed by atoms with van der Waals surface area (Å²) < 4.78 is 4.57. The Morgan fingerprint density at radius 1 is 1.50 bits per heavy atom. The molecule has 0 spiro atoms. The van der Waals surface area contributed by atoms with E-state index >= 15 is 0 Å². The van der Waals surface area contributed by atoms with Crippen molar-refractivity contribution in [1.82, 2.24) is 10.3 Å². The number of esters is 1. The van der Waals surface area contributed by atoms with Crippen LogP contribution in [0.3, 0.4) is 0 Å². The average molecular weight is 251 g/mol. The van der Waals surface area contributed by atoms with E-state index in [4.69, 9.17) is 5.73 Å². The average Bonchev–Trinajstić information content (AvgIpc) is 2.35. The molecule has 1 atom stereocenters. The van der Waals surface area contributed by atoms with Gasteiger partial charge in [0.05, 0.1) is 18.4 Å². The fourth-order valence-corrected chi connectivity index (χ4v) is 1.42. The first-order chi connectivity index (χ1) is 8.52. The van der Waals surface area contributed by atoms with Crippen molar-refractivity contribution >= 4 is 11.9 Å². The molecule has 1 amide bonds. The van der Waals surface area contributed by atoms with Gasteiger partial charge >= 0.3 is 5.97 Å². The number of amides is 1. The summed E-state index contributed by atoms with van der Waals surface area (Å²) >= 11 is 0. The van der Waals surface area contributed by atoms with Crippen LogP contribution in [0.15, 0.2) is 18.3 Å². The Balaban J connectivity index is 2.49. The summed E-state index contributed by atoms with van der Waals surface area (Å²) in [5, 5.41) is 3.11. The SMILES string of the molecule is COC(=O)c1ccc(CNC(C)CC(N)=O)nc1. The lowest BCUT2D eigenvalue weighted by atomic mass is 10.2. The number of rotatable bonds is 6. The first-order valence-electron chi connectivity index (χ1n) is 5.58. The molecule has 1 aromatic heterocycles. The summed E-state index contributed by atoms with van der Waals surface area (Å²) in [5.41, 5.74) is 6.27. The van der Waals surface area contributed by atoms with Gasteiger partial charge in [0, 0.05) is 25.2 Å². The Morgan fingerprint density at radius 2 is 2.22 bits per heavy atom. The minimum atomic E-state index is -0.413. The van der Waals surface area contributed by atoms with Gasteiger partial charge in [-0.25, -0.2) is 4.79 Å². The molecule has 0 fully saturated rings.